The van der Waals surface area contributed by atoms with E-state index in [1.54, 1.807) is 48.5 Å². The predicted molar refractivity (Wildman–Crippen MR) is 139 cm³/mol. The Labute approximate surface area is 218 Å². The summed E-state index contributed by atoms with van der Waals surface area (Å²) in [5, 5.41) is 6.71. The molecular formula is C26H23Cl2N3O5. The monoisotopic (exact) mass is 527 g/mol. The number of hydrazone groups is 1. The van der Waals surface area contributed by atoms with Crippen molar-refractivity contribution in [2.45, 2.75) is 19.8 Å². The molecule has 2 amide bonds. The van der Waals surface area contributed by atoms with Gasteiger partial charge in [0.05, 0.1) is 28.4 Å². The lowest BCUT2D eigenvalue weighted by Gasteiger charge is -2.07. The van der Waals surface area contributed by atoms with Crippen molar-refractivity contribution in [3.8, 4) is 11.5 Å². The molecule has 8 nitrogen and oxygen atoms in total. The van der Waals surface area contributed by atoms with Gasteiger partial charge in [-0.2, -0.15) is 5.10 Å². The Morgan fingerprint density at radius 2 is 1.58 bits per heavy atom. The van der Waals surface area contributed by atoms with Crippen LogP contribution in [-0.4, -0.2) is 30.6 Å². The number of carbonyl (C=O) groups is 3. The van der Waals surface area contributed by atoms with Crippen LogP contribution in [0.2, 0.25) is 10.0 Å². The number of unbranched alkanes of at least 4 members (excludes halogenated alkanes) is 1. The highest BCUT2D eigenvalue weighted by molar-refractivity contribution is 6.43. The molecule has 10 heteroatoms. The average Bonchev–Trinajstić information content (AvgIpc) is 2.87. The molecule has 0 bridgehead atoms. The molecule has 3 aromatic rings. The molecule has 0 radical (unpaired) electrons. The van der Waals surface area contributed by atoms with Crippen molar-refractivity contribution in [1.29, 1.82) is 0 Å². The molecule has 3 rings (SSSR count). The smallest absolute Gasteiger partial charge is 0.343 e. The largest absolute Gasteiger partial charge is 0.494 e. The number of hydrogen-bond acceptors (Lipinski definition) is 6. The first-order chi connectivity index (χ1) is 17.4. The first kappa shape index (κ1) is 26.7. The number of rotatable bonds is 9. The molecule has 0 saturated carbocycles. The van der Waals surface area contributed by atoms with Crippen LogP contribution in [0, 0.1) is 0 Å². The lowest BCUT2D eigenvalue weighted by atomic mass is 10.2. The molecular weight excluding hydrogens is 505 g/mol. The number of ether oxygens (including phenoxy) is 2. The van der Waals surface area contributed by atoms with Gasteiger partial charge in [0.25, 0.3) is 0 Å². The van der Waals surface area contributed by atoms with E-state index in [-0.39, 0.29) is 5.02 Å². The van der Waals surface area contributed by atoms with Crippen LogP contribution < -0.4 is 20.2 Å². The second-order valence-corrected chi connectivity index (χ2v) is 8.28. The summed E-state index contributed by atoms with van der Waals surface area (Å²) >= 11 is 11.7. The summed E-state index contributed by atoms with van der Waals surface area (Å²) < 4.78 is 11.0. The van der Waals surface area contributed by atoms with E-state index in [0.717, 1.165) is 12.8 Å². The maximum absolute atomic E-state index is 12.4. The first-order valence-electron chi connectivity index (χ1n) is 11.0. The van der Waals surface area contributed by atoms with Crippen LogP contribution >= 0.6 is 23.2 Å². The van der Waals surface area contributed by atoms with Gasteiger partial charge >= 0.3 is 17.8 Å². The number of esters is 1. The highest BCUT2D eigenvalue weighted by Gasteiger charge is 2.13. The van der Waals surface area contributed by atoms with Crippen LogP contribution in [0.25, 0.3) is 0 Å². The highest BCUT2D eigenvalue weighted by Crippen LogP contribution is 2.25. The van der Waals surface area contributed by atoms with Gasteiger partial charge in [-0.25, -0.2) is 10.2 Å². The van der Waals surface area contributed by atoms with E-state index in [4.69, 9.17) is 32.7 Å². The fourth-order valence-corrected chi connectivity index (χ4v) is 3.09. The molecule has 186 valence electrons. The number of halogens is 2. The zero-order valence-electron chi connectivity index (χ0n) is 19.3. The molecule has 0 aliphatic rings. The van der Waals surface area contributed by atoms with Crippen molar-refractivity contribution in [3.63, 3.8) is 0 Å². The Morgan fingerprint density at radius 3 is 2.25 bits per heavy atom. The van der Waals surface area contributed by atoms with E-state index >= 15 is 0 Å². The predicted octanol–water partition coefficient (Wildman–Crippen LogP) is 5.48. The van der Waals surface area contributed by atoms with E-state index in [1.165, 1.54) is 24.4 Å². The van der Waals surface area contributed by atoms with Gasteiger partial charge in [-0.05, 0) is 78.7 Å². The summed E-state index contributed by atoms with van der Waals surface area (Å²) in [5.74, 6) is -1.36. The third-order valence-electron chi connectivity index (χ3n) is 4.71. The minimum atomic E-state index is -0.968. The third-order valence-corrected chi connectivity index (χ3v) is 5.45. The van der Waals surface area contributed by atoms with Gasteiger partial charge in [0.2, 0.25) is 0 Å². The van der Waals surface area contributed by atoms with Gasteiger partial charge in [0.1, 0.15) is 11.5 Å². The third kappa shape index (κ3) is 8.11. The normalized spacial score (nSPS) is 10.6. The Morgan fingerprint density at radius 1 is 0.889 bits per heavy atom. The number of amides is 2. The second-order valence-electron chi connectivity index (χ2n) is 7.47. The molecule has 0 spiro atoms. The Kier molecular flexibility index (Phi) is 9.85. The molecule has 0 saturated heterocycles. The maximum atomic E-state index is 12.4. The summed E-state index contributed by atoms with van der Waals surface area (Å²) in [5.41, 5.74) is 3.44. The van der Waals surface area contributed by atoms with E-state index in [0.29, 0.717) is 39.9 Å². The van der Waals surface area contributed by atoms with Crippen molar-refractivity contribution in [2.75, 3.05) is 11.9 Å². The van der Waals surface area contributed by atoms with E-state index in [1.807, 2.05) is 0 Å². The summed E-state index contributed by atoms with van der Waals surface area (Å²) in [6.45, 7) is 2.72. The van der Waals surface area contributed by atoms with Crippen LogP contribution in [0.5, 0.6) is 11.5 Å². The molecule has 0 aliphatic heterocycles. The summed E-state index contributed by atoms with van der Waals surface area (Å²) in [4.78, 5) is 36.2. The molecule has 0 aliphatic carbocycles. The number of carbonyl (C=O) groups excluding carboxylic acids is 3. The fraction of sp³-hybridized carbons (Fsp3) is 0.154. The maximum Gasteiger partial charge on any atom is 0.343 e. The van der Waals surface area contributed by atoms with E-state index < -0.39 is 17.8 Å². The van der Waals surface area contributed by atoms with E-state index in [2.05, 4.69) is 22.8 Å². The van der Waals surface area contributed by atoms with Crippen LogP contribution in [0.4, 0.5) is 5.69 Å². The van der Waals surface area contributed by atoms with Crippen molar-refractivity contribution >= 4 is 52.9 Å². The van der Waals surface area contributed by atoms with E-state index in [9.17, 15) is 14.4 Å². The molecule has 0 unspecified atom stereocenters. The molecule has 2 N–H and O–H groups in total. The number of nitrogens with zero attached hydrogens (tertiary/aromatic N) is 1. The molecule has 36 heavy (non-hydrogen) atoms. The fourth-order valence-electron chi connectivity index (χ4n) is 2.79. The number of hydrogen-bond donors (Lipinski definition) is 2. The SMILES string of the molecule is CCCCOc1ccc(C(=O)Oc2ccc(C=NNC(=O)C(=O)Nc3ccc(Cl)c(Cl)c3)cc2)cc1. The number of anilines is 1. The number of benzene rings is 3. The summed E-state index contributed by atoms with van der Waals surface area (Å²) in [7, 11) is 0. The average molecular weight is 528 g/mol. The minimum absolute atomic E-state index is 0.243. The second kappa shape index (κ2) is 13.3. The lowest BCUT2D eigenvalue weighted by molar-refractivity contribution is -0.136. The van der Waals surface area contributed by atoms with Crippen molar-refractivity contribution in [1.82, 2.24) is 5.43 Å². The molecule has 0 fully saturated rings. The Bertz CT molecular complexity index is 1250. The topological polar surface area (TPSA) is 106 Å². The molecule has 0 aromatic heterocycles. The standard InChI is InChI=1S/C26H23Cl2N3O5/c1-2-3-14-35-20-11-6-18(7-12-20)26(34)36-21-9-4-17(5-10-21)16-29-31-25(33)24(32)30-19-8-13-22(27)23(28)15-19/h4-13,15-16H,2-3,14H2,1H3,(H,30,32)(H,31,33). The molecule has 0 heterocycles. The molecule has 0 atom stereocenters. The van der Waals surface area contributed by atoms with Gasteiger partial charge in [0.15, 0.2) is 0 Å². The van der Waals surface area contributed by atoms with Gasteiger partial charge in [-0.3, -0.25) is 9.59 Å². The van der Waals surface area contributed by atoms with Crippen LogP contribution in [-0.2, 0) is 9.59 Å². The van der Waals surface area contributed by atoms with Gasteiger partial charge in [-0.15, -0.1) is 0 Å². The molecule has 3 aromatic carbocycles. The zero-order valence-corrected chi connectivity index (χ0v) is 20.8. The Balaban J connectivity index is 1.47. The minimum Gasteiger partial charge on any atom is -0.494 e. The Hall–Kier alpha value is -3.88. The van der Waals surface area contributed by atoms with Gasteiger partial charge in [0, 0.05) is 5.69 Å². The summed E-state index contributed by atoms with van der Waals surface area (Å²) in [6, 6.07) is 17.6. The summed E-state index contributed by atoms with van der Waals surface area (Å²) in [6.07, 6.45) is 3.35. The first-order valence-corrected chi connectivity index (χ1v) is 11.8. The van der Waals surface area contributed by atoms with Crippen LogP contribution in [0.15, 0.2) is 71.8 Å². The van der Waals surface area contributed by atoms with Crippen molar-refractivity contribution < 1.29 is 23.9 Å². The quantitative estimate of drug-likeness (QED) is 0.0956. The zero-order chi connectivity index (χ0) is 25.9. The van der Waals surface area contributed by atoms with Crippen molar-refractivity contribution in [3.05, 3.63) is 87.9 Å². The van der Waals surface area contributed by atoms with Crippen LogP contribution in [0.1, 0.15) is 35.7 Å². The number of nitrogens with one attached hydrogen (secondary N) is 2. The van der Waals surface area contributed by atoms with Gasteiger partial charge < -0.3 is 14.8 Å². The lowest BCUT2D eigenvalue weighted by Crippen LogP contribution is -2.32. The van der Waals surface area contributed by atoms with Crippen molar-refractivity contribution in [2.24, 2.45) is 5.10 Å². The highest BCUT2D eigenvalue weighted by atomic mass is 35.5. The van der Waals surface area contributed by atoms with Crippen LogP contribution in [0.3, 0.4) is 0 Å². The van der Waals surface area contributed by atoms with Gasteiger partial charge in [-0.1, -0.05) is 36.5 Å².